The Kier molecular flexibility index (Phi) is 7.66. The first kappa shape index (κ1) is 23.5. The van der Waals surface area contributed by atoms with Gasteiger partial charge in [0.05, 0.1) is 23.5 Å². The zero-order valence-electron chi connectivity index (χ0n) is 18.5. The molecule has 1 aromatic carbocycles. The molecule has 2 aliphatic rings. The summed E-state index contributed by atoms with van der Waals surface area (Å²) in [5.41, 5.74) is 0.370. The van der Waals surface area contributed by atoms with Gasteiger partial charge in [-0.3, -0.25) is 19.7 Å². The van der Waals surface area contributed by atoms with Crippen molar-refractivity contribution in [3.63, 3.8) is 0 Å². The highest BCUT2D eigenvalue weighted by Gasteiger charge is 2.29. The summed E-state index contributed by atoms with van der Waals surface area (Å²) < 4.78 is 9.85. The molecule has 1 aromatic rings. The SMILES string of the molecule is COC(=O)C1CCN(C(=O)COC(=O)c2ccc(N3CCCC(C)C3)c([N+](=O)[O-])c2)CC1. The second-order valence-corrected chi connectivity index (χ2v) is 8.41. The van der Waals surface area contributed by atoms with Gasteiger partial charge in [0.15, 0.2) is 6.61 Å². The van der Waals surface area contributed by atoms with E-state index in [2.05, 4.69) is 6.92 Å². The fourth-order valence-electron chi connectivity index (χ4n) is 4.31. The number of methoxy groups -OCH3 is 1. The molecule has 1 unspecified atom stereocenters. The van der Waals surface area contributed by atoms with Gasteiger partial charge in [0.2, 0.25) is 0 Å². The van der Waals surface area contributed by atoms with E-state index in [4.69, 9.17) is 9.47 Å². The number of carbonyl (C=O) groups excluding carboxylic acids is 3. The number of carbonyl (C=O) groups is 3. The lowest BCUT2D eigenvalue weighted by Crippen LogP contribution is -2.42. The molecule has 2 fully saturated rings. The number of amides is 1. The van der Waals surface area contributed by atoms with Crippen LogP contribution in [0.15, 0.2) is 18.2 Å². The number of likely N-dealkylation sites (tertiary alicyclic amines) is 1. The fraction of sp³-hybridized carbons (Fsp3) is 0.591. The van der Waals surface area contributed by atoms with Crippen LogP contribution in [0.25, 0.3) is 0 Å². The average Bonchev–Trinajstić information content (AvgIpc) is 2.81. The van der Waals surface area contributed by atoms with Crippen molar-refractivity contribution >= 4 is 29.2 Å². The van der Waals surface area contributed by atoms with Crippen molar-refractivity contribution in [1.82, 2.24) is 4.90 Å². The molecule has 1 amide bonds. The number of nitro groups is 1. The summed E-state index contributed by atoms with van der Waals surface area (Å²) >= 11 is 0. The number of hydrogen-bond donors (Lipinski definition) is 0. The molecule has 2 heterocycles. The molecule has 0 radical (unpaired) electrons. The maximum absolute atomic E-state index is 12.4. The van der Waals surface area contributed by atoms with Crippen molar-refractivity contribution in [2.24, 2.45) is 11.8 Å². The monoisotopic (exact) mass is 447 g/mol. The Balaban J connectivity index is 1.59. The quantitative estimate of drug-likeness (QED) is 0.370. The standard InChI is InChI=1S/C22H29N3O7/c1-15-4-3-9-24(13-15)18-6-5-17(12-19(18)25(29)30)22(28)32-14-20(26)23-10-7-16(8-11-23)21(27)31-2/h5-6,12,15-16H,3-4,7-11,13-14H2,1-2H3. The highest BCUT2D eigenvalue weighted by molar-refractivity contribution is 5.93. The number of benzene rings is 1. The maximum atomic E-state index is 12.4. The maximum Gasteiger partial charge on any atom is 0.338 e. The number of esters is 2. The third kappa shape index (κ3) is 5.54. The second-order valence-electron chi connectivity index (χ2n) is 8.41. The Labute approximate surface area is 186 Å². The van der Waals surface area contributed by atoms with Crippen molar-refractivity contribution in [3.8, 4) is 0 Å². The highest BCUT2D eigenvalue weighted by Crippen LogP contribution is 2.32. The van der Waals surface area contributed by atoms with Crippen molar-refractivity contribution in [1.29, 1.82) is 0 Å². The molecule has 2 aliphatic heterocycles. The number of hydrogen-bond acceptors (Lipinski definition) is 8. The third-order valence-corrected chi connectivity index (χ3v) is 6.11. The number of piperidine rings is 2. The van der Waals surface area contributed by atoms with Gasteiger partial charge in [0, 0.05) is 32.2 Å². The van der Waals surface area contributed by atoms with Gasteiger partial charge in [-0.25, -0.2) is 4.79 Å². The molecule has 0 aliphatic carbocycles. The summed E-state index contributed by atoms with van der Waals surface area (Å²) in [5, 5.41) is 11.6. The van der Waals surface area contributed by atoms with E-state index < -0.39 is 17.5 Å². The summed E-state index contributed by atoms with van der Waals surface area (Å²) in [4.78, 5) is 51.0. The number of nitrogens with zero attached hydrogens (tertiary/aromatic N) is 3. The Morgan fingerprint density at radius 1 is 1.16 bits per heavy atom. The van der Waals surface area contributed by atoms with E-state index in [1.54, 1.807) is 6.07 Å². The molecule has 174 valence electrons. The van der Waals surface area contributed by atoms with Gasteiger partial charge < -0.3 is 19.3 Å². The van der Waals surface area contributed by atoms with Crippen molar-refractivity contribution in [2.75, 3.05) is 44.8 Å². The molecule has 0 aromatic heterocycles. The van der Waals surface area contributed by atoms with Crippen LogP contribution in [0.1, 0.15) is 43.0 Å². The summed E-state index contributed by atoms with van der Waals surface area (Å²) in [6, 6.07) is 4.28. The van der Waals surface area contributed by atoms with Gasteiger partial charge in [-0.05, 0) is 43.7 Å². The van der Waals surface area contributed by atoms with Crippen molar-refractivity contribution in [2.45, 2.75) is 32.6 Å². The molecule has 0 N–H and O–H groups in total. The largest absolute Gasteiger partial charge is 0.469 e. The number of rotatable bonds is 6. The van der Waals surface area contributed by atoms with E-state index in [0.29, 0.717) is 37.5 Å². The van der Waals surface area contributed by atoms with Gasteiger partial charge >= 0.3 is 11.9 Å². The topological polar surface area (TPSA) is 119 Å². The summed E-state index contributed by atoms with van der Waals surface area (Å²) in [6.07, 6.45) is 3.04. The first-order valence-electron chi connectivity index (χ1n) is 10.9. The van der Waals surface area contributed by atoms with Crippen LogP contribution >= 0.6 is 0 Å². The minimum absolute atomic E-state index is 0.0303. The molecule has 32 heavy (non-hydrogen) atoms. The normalized spacial score (nSPS) is 19.4. The smallest absolute Gasteiger partial charge is 0.338 e. The third-order valence-electron chi connectivity index (χ3n) is 6.11. The predicted molar refractivity (Wildman–Crippen MR) is 115 cm³/mol. The van der Waals surface area contributed by atoms with Crippen LogP contribution in [0.4, 0.5) is 11.4 Å². The minimum atomic E-state index is -0.788. The Hall–Kier alpha value is -3.17. The van der Waals surface area contributed by atoms with Gasteiger partial charge in [-0.15, -0.1) is 0 Å². The molecule has 3 rings (SSSR count). The molecule has 0 bridgehead atoms. The lowest BCUT2D eigenvalue weighted by Gasteiger charge is -2.32. The van der Waals surface area contributed by atoms with Gasteiger partial charge in [0.1, 0.15) is 5.69 Å². The molecule has 2 saturated heterocycles. The van der Waals surface area contributed by atoms with E-state index in [1.165, 1.54) is 24.1 Å². The molecular formula is C22H29N3O7. The van der Waals surface area contributed by atoms with Crippen LogP contribution in [0, 0.1) is 22.0 Å². The zero-order chi connectivity index (χ0) is 23.3. The van der Waals surface area contributed by atoms with Crippen LogP contribution in [-0.2, 0) is 19.1 Å². The summed E-state index contributed by atoms with van der Waals surface area (Å²) in [5.74, 6) is -1.22. The number of ether oxygens (including phenoxy) is 2. The molecule has 10 nitrogen and oxygen atoms in total. The Bertz CT molecular complexity index is 880. The lowest BCUT2D eigenvalue weighted by molar-refractivity contribution is -0.384. The molecular weight excluding hydrogens is 418 g/mol. The predicted octanol–water partition coefficient (Wildman–Crippen LogP) is 2.40. The van der Waals surface area contributed by atoms with Gasteiger partial charge in [-0.1, -0.05) is 6.92 Å². The van der Waals surface area contributed by atoms with Crippen LogP contribution in [-0.4, -0.2) is 67.6 Å². The Morgan fingerprint density at radius 3 is 2.50 bits per heavy atom. The number of anilines is 1. The second kappa shape index (κ2) is 10.4. The first-order valence-corrected chi connectivity index (χ1v) is 10.9. The summed E-state index contributed by atoms with van der Waals surface area (Å²) in [6.45, 7) is 3.87. The average molecular weight is 447 g/mol. The fourth-order valence-corrected chi connectivity index (χ4v) is 4.31. The first-order chi connectivity index (χ1) is 15.3. The van der Waals surface area contributed by atoms with Crippen LogP contribution in [0.2, 0.25) is 0 Å². The molecule has 0 saturated carbocycles. The summed E-state index contributed by atoms with van der Waals surface area (Å²) in [7, 11) is 1.34. The highest BCUT2D eigenvalue weighted by atomic mass is 16.6. The van der Waals surface area contributed by atoms with Crippen LogP contribution in [0.3, 0.4) is 0 Å². The van der Waals surface area contributed by atoms with Crippen LogP contribution in [0.5, 0.6) is 0 Å². The van der Waals surface area contributed by atoms with E-state index in [0.717, 1.165) is 25.9 Å². The van der Waals surface area contributed by atoms with Crippen molar-refractivity contribution < 1.29 is 28.8 Å². The van der Waals surface area contributed by atoms with Gasteiger partial charge in [-0.2, -0.15) is 0 Å². The molecule has 1 atom stereocenters. The number of nitro benzene ring substituents is 1. The van der Waals surface area contributed by atoms with Crippen LogP contribution < -0.4 is 4.90 Å². The zero-order valence-corrected chi connectivity index (χ0v) is 18.5. The van der Waals surface area contributed by atoms with E-state index in [9.17, 15) is 24.5 Å². The molecule has 0 spiro atoms. The minimum Gasteiger partial charge on any atom is -0.469 e. The Morgan fingerprint density at radius 2 is 1.88 bits per heavy atom. The van der Waals surface area contributed by atoms with E-state index >= 15 is 0 Å². The van der Waals surface area contributed by atoms with E-state index in [-0.39, 0.29) is 29.0 Å². The van der Waals surface area contributed by atoms with E-state index in [1.807, 2.05) is 4.90 Å². The lowest BCUT2D eigenvalue weighted by atomic mass is 9.97. The molecule has 10 heteroatoms. The van der Waals surface area contributed by atoms with Gasteiger partial charge in [0.25, 0.3) is 11.6 Å². The van der Waals surface area contributed by atoms with Crippen molar-refractivity contribution in [3.05, 3.63) is 33.9 Å².